The SMILES string of the molecule is CCn1nc(C)c2nc(C(C)C)nc(N3CCC(O)CC3)c21. The van der Waals surface area contributed by atoms with E-state index in [0.29, 0.717) is 0 Å². The van der Waals surface area contributed by atoms with Gasteiger partial charge in [-0.2, -0.15) is 5.10 Å². The molecule has 0 aliphatic carbocycles. The Morgan fingerprint density at radius 1 is 1.23 bits per heavy atom. The smallest absolute Gasteiger partial charge is 0.158 e. The molecule has 2 aromatic rings. The largest absolute Gasteiger partial charge is 0.393 e. The lowest BCUT2D eigenvalue weighted by molar-refractivity contribution is 0.145. The summed E-state index contributed by atoms with van der Waals surface area (Å²) in [5.74, 6) is 2.12. The molecule has 0 aromatic carbocycles. The maximum absolute atomic E-state index is 9.76. The minimum Gasteiger partial charge on any atom is -0.393 e. The maximum Gasteiger partial charge on any atom is 0.158 e. The summed E-state index contributed by atoms with van der Waals surface area (Å²) in [5, 5.41) is 14.4. The maximum atomic E-state index is 9.76. The molecule has 0 spiro atoms. The van der Waals surface area contributed by atoms with Gasteiger partial charge in [0, 0.05) is 25.6 Å². The number of aryl methyl sites for hydroxylation is 2. The number of hydrogen-bond donors (Lipinski definition) is 1. The molecule has 0 bridgehead atoms. The molecule has 120 valence electrons. The normalized spacial score (nSPS) is 16.9. The van der Waals surface area contributed by atoms with E-state index in [1.165, 1.54) is 0 Å². The molecule has 1 aliphatic rings. The van der Waals surface area contributed by atoms with E-state index in [-0.39, 0.29) is 12.0 Å². The average Bonchev–Trinajstić information content (AvgIpc) is 2.84. The summed E-state index contributed by atoms with van der Waals surface area (Å²) in [4.78, 5) is 11.9. The van der Waals surface area contributed by atoms with E-state index in [9.17, 15) is 5.11 Å². The Morgan fingerprint density at radius 2 is 1.91 bits per heavy atom. The zero-order chi connectivity index (χ0) is 15.9. The van der Waals surface area contributed by atoms with Crippen LogP contribution in [-0.2, 0) is 6.54 Å². The summed E-state index contributed by atoms with van der Waals surface area (Å²) < 4.78 is 2.00. The second-order valence-electron chi connectivity index (χ2n) is 6.38. The summed E-state index contributed by atoms with van der Waals surface area (Å²) in [6.07, 6.45) is 1.40. The molecule has 1 N–H and O–H groups in total. The van der Waals surface area contributed by atoms with Crippen molar-refractivity contribution in [2.24, 2.45) is 0 Å². The van der Waals surface area contributed by atoms with Crippen molar-refractivity contribution >= 4 is 16.9 Å². The molecule has 22 heavy (non-hydrogen) atoms. The van der Waals surface area contributed by atoms with E-state index in [2.05, 4.69) is 30.8 Å². The molecule has 3 rings (SSSR count). The quantitative estimate of drug-likeness (QED) is 0.942. The molecule has 1 saturated heterocycles. The number of hydrogen-bond acceptors (Lipinski definition) is 5. The van der Waals surface area contributed by atoms with Gasteiger partial charge in [-0.25, -0.2) is 9.97 Å². The number of nitrogens with zero attached hydrogens (tertiary/aromatic N) is 5. The van der Waals surface area contributed by atoms with Crippen LogP contribution in [0.25, 0.3) is 11.0 Å². The van der Waals surface area contributed by atoms with Crippen LogP contribution in [0.1, 0.15) is 51.0 Å². The first-order valence-electron chi connectivity index (χ1n) is 8.19. The van der Waals surface area contributed by atoms with Crippen LogP contribution in [0, 0.1) is 6.92 Å². The van der Waals surface area contributed by atoms with Crippen LogP contribution in [0.3, 0.4) is 0 Å². The van der Waals surface area contributed by atoms with E-state index < -0.39 is 0 Å². The fourth-order valence-electron chi connectivity index (χ4n) is 3.01. The van der Waals surface area contributed by atoms with Crippen molar-refractivity contribution in [2.45, 2.75) is 59.1 Å². The van der Waals surface area contributed by atoms with Gasteiger partial charge in [0.1, 0.15) is 16.9 Å². The molecule has 3 heterocycles. The van der Waals surface area contributed by atoms with E-state index in [4.69, 9.17) is 9.97 Å². The first kappa shape index (κ1) is 15.2. The summed E-state index contributed by atoms with van der Waals surface area (Å²) in [5.41, 5.74) is 2.95. The van der Waals surface area contributed by atoms with E-state index >= 15 is 0 Å². The monoisotopic (exact) mass is 303 g/mol. The predicted molar refractivity (Wildman–Crippen MR) is 87.3 cm³/mol. The number of aromatic nitrogens is 4. The Balaban J connectivity index is 2.17. The first-order valence-corrected chi connectivity index (χ1v) is 8.19. The highest BCUT2D eigenvalue weighted by atomic mass is 16.3. The van der Waals surface area contributed by atoms with Crippen molar-refractivity contribution in [1.29, 1.82) is 0 Å². The molecule has 6 nitrogen and oxygen atoms in total. The molecule has 2 aromatic heterocycles. The number of anilines is 1. The van der Waals surface area contributed by atoms with Crippen LogP contribution < -0.4 is 4.90 Å². The number of aliphatic hydroxyl groups is 1. The third-order valence-corrected chi connectivity index (χ3v) is 4.33. The summed E-state index contributed by atoms with van der Waals surface area (Å²) >= 11 is 0. The lowest BCUT2D eigenvalue weighted by Crippen LogP contribution is -2.36. The van der Waals surface area contributed by atoms with Crippen molar-refractivity contribution in [3.05, 3.63) is 11.5 Å². The van der Waals surface area contributed by atoms with Gasteiger partial charge in [0.25, 0.3) is 0 Å². The second kappa shape index (κ2) is 5.83. The fourth-order valence-corrected chi connectivity index (χ4v) is 3.01. The van der Waals surface area contributed by atoms with Gasteiger partial charge in [0.15, 0.2) is 5.82 Å². The predicted octanol–water partition coefficient (Wildman–Crippen LogP) is 2.24. The minimum absolute atomic E-state index is 0.184. The van der Waals surface area contributed by atoms with Gasteiger partial charge in [-0.05, 0) is 26.7 Å². The second-order valence-corrected chi connectivity index (χ2v) is 6.38. The van der Waals surface area contributed by atoms with Gasteiger partial charge >= 0.3 is 0 Å². The Bertz CT molecular complexity index is 671. The Morgan fingerprint density at radius 3 is 2.50 bits per heavy atom. The highest BCUT2D eigenvalue weighted by Gasteiger charge is 2.24. The van der Waals surface area contributed by atoms with Crippen molar-refractivity contribution in [3.63, 3.8) is 0 Å². The van der Waals surface area contributed by atoms with E-state index in [0.717, 1.165) is 60.8 Å². The molecule has 0 amide bonds. The Labute approximate surface area is 131 Å². The molecule has 1 fully saturated rings. The van der Waals surface area contributed by atoms with Crippen LogP contribution in [0.15, 0.2) is 0 Å². The molecule has 0 unspecified atom stereocenters. The van der Waals surface area contributed by atoms with Gasteiger partial charge < -0.3 is 10.0 Å². The topological polar surface area (TPSA) is 67.1 Å². The number of piperidine rings is 1. The van der Waals surface area contributed by atoms with Crippen LogP contribution in [-0.4, -0.2) is 44.0 Å². The number of rotatable bonds is 3. The van der Waals surface area contributed by atoms with Crippen LogP contribution in [0.2, 0.25) is 0 Å². The van der Waals surface area contributed by atoms with Gasteiger partial charge in [0.05, 0.1) is 11.8 Å². The molecule has 0 saturated carbocycles. The average molecular weight is 303 g/mol. The van der Waals surface area contributed by atoms with Crippen molar-refractivity contribution < 1.29 is 5.11 Å². The van der Waals surface area contributed by atoms with Crippen molar-refractivity contribution in [2.75, 3.05) is 18.0 Å². The summed E-state index contributed by atoms with van der Waals surface area (Å²) in [6.45, 7) is 10.8. The highest BCUT2D eigenvalue weighted by molar-refractivity contribution is 5.88. The van der Waals surface area contributed by atoms with Crippen molar-refractivity contribution in [1.82, 2.24) is 19.7 Å². The summed E-state index contributed by atoms with van der Waals surface area (Å²) in [7, 11) is 0. The first-order chi connectivity index (χ1) is 10.5. The molecule has 6 heteroatoms. The number of aliphatic hydroxyl groups excluding tert-OH is 1. The molecular formula is C16H25N5O. The lowest BCUT2D eigenvalue weighted by atomic mass is 10.1. The molecule has 1 aliphatic heterocycles. The number of fused-ring (bicyclic) bond motifs is 1. The lowest BCUT2D eigenvalue weighted by Gasteiger charge is -2.31. The van der Waals surface area contributed by atoms with Gasteiger partial charge in [-0.3, -0.25) is 4.68 Å². The van der Waals surface area contributed by atoms with E-state index in [1.54, 1.807) is 0 Å². The van der Waals surface area contributed by atoms with E-state index in [1.807, 2.05) is 11.6 Å². The molecule has 0 radical (unpaired) electrons. The third kappa shape index (κ3) is 2.56. The van der Waals surface area contributed by atoms with Gasteiger partial charge in [0.2, 0.25) is 0 Å². The van der Waals surface area contributed by atoms with Gasteiger partial charge in [-0.15, -0.1) is 0 Å². The Kier molecular flexibility index (Phi) is 4.04. The standard InChI is InChI=1S/C16H25N5O/c1-5-21-14-13(11(4)19-21)17-15(10(2)3)18-16(14)20-8-6-12(22)7-9-20/h10,12,22H,5-9H2,1-4H3. The fraction of sp³-hybridized carbons (Fsp3) is 0.688. The van der Waals surface area contributed by atoms with Gasteiger partial charge in [-0.1, -0.05) is 13.8 Å². The third-order valence-electron chi connectivity index (χ3n) is 4.33. The minimum atomic E-state index is -0.184. The molecular weight excluding hydrogens is 278 g/mol. The zero-order valence-electron chi connectivity index (χ0n) is 13.9. The van der Waals surface area contributed by atoms with Crippen LogP contribution >= 0.6 is 0 Å². The van der Waals surface area contributed by atoms with Crippen LogP contribution in [0.4, 0.5) is 5.82 Å². The summed E-state index contributed by atoms with van der Waals surface area (Å²) in [6, 6.07) is 0. The van der Waals surface area contributed by atoms with Crippen LogP contribution in [0.5, 0.6) is 0 Å². The van der Waals surface area contributed by atoms with Crippen molar-refractivity contribution in [3.8, 4) is 0 Å². The molecule has 0 atom stereocenters. The Hall–Kier alpha value is -1.69. The highest BCUT2D eigenvalue weighted by Crippen LogP contribution is 2.30. The zero-order valence-corrected chi connectivity index (χ0v) is 13.9.